The molecule has 2 N–H and O–H groups in total. The number of nitrogens with one attached hydrogen (secondary N) is 2. The highest BCUT2D eigenvalue weighted by molar-refractivity contribution is 5.91. The number of rotatable bonds is 5. The molecule has 0 atom stereocenters. The number of amides is 1. The fraction of sp³-hybridized carbons (Fsp3) is 0.545. The monoisotopic (exact) mass is 222 g/mol. The van der Waals surface area contributed by atoms with Gasteiger partial charge in [0.25, 0.3) is 5.91 Å². The Labute approximate surface area is 95.7 Å². The molecule has 5 heteroatoms. The highest BCUT2D eigenvalue weighted by Crippen LogP contribution is 1.93. The Bertz CT molecular complexity index is 334. The predicted octanol–water partition coefficient (Wildman–Crippen LogP) is 0.513. The molecule has 1 amide bonds. The van der Waals surface area contributed by atoms with Gasteiger partial charge in [-0.3, -0.25) is 9.78 Å². The molecular formula is C11H18N4O. The molecule has 0 aliphatic rings. The number of nitrogens with zero attached hydrogens (tertiary/aromatic N) is 2. The number of aromatic nitrogens is 2. The lowest BCUT2D eigenvalue weighted by Crippen LogP contribution is -2.34. The molecule has 88 valence electrons. The molecule has 1 heterocycles. The van der Waals surface area contributed by atoms with Crippen LogP contribution in [0.25, 0.3) is 0 Å². The molecule has 0 aromatic carbocycles. The fourth-order valence-corrected chi connectivity index (χ4v) is 1.14. The van der Waals surface area contributed by atoms with Crippen molar-refractivity contribution >= 4 is 5.91 Å². The number of hydrogen-bond acceptors (Lipinski definition) is 4. The Hall–Kier alpha value is -1.49. The van der Waals surface area contributed by atoms with Gasteiger partial charge in [-0.1, -0.05) is 13.8 Å². The maximum atomic E-state index is 11.6. The summed E-state index contributed by atoms with van der Waals surface area (Å²) in [5.41, 5.74) is 1.16. The van der Waals surface area contributed by atoms with Gasteiger partial charge >= 0.3 is 0 Å². The van der Waals surface area contributed by atoms with Crippen molar-refractivity contribution in [3.63, 3.8) is 0 Å². The highest BCUT2D eigenvalue weighted by atomic mass is 16.1. The minimum absolute atomic E-state index is 0.182. The normalized spacial score (nSPS) is 10.5. The summed E-state index contributed by atoms with van der Waals surface area (Å²) < 4.78 is 0. The van der Waals surface area contributed by atoms with Gasteiger partial charge in [0.05, 0.1) is 11.9 Å². The molecule has 0 saturated heterocycles. The van der Waals surface area contributed by atoms with E-state index in [1.54, 1.807) is 6.20 Å². The van der Waals surface area contributed by atoms with E-state index in [0.717, 1.165) is 12.2 Å². The molecule has 16 heavy (non-hydrogen) atoms. The van der Waals surface area contributed by atoms with Crippen molar-refractivity contribution in [2.75, 3.05) is 13.1 Å². The van der Waals surface area contributed by atoms with Crippen LogP contribution in [0.2, 0.25) is 0 Å². The molecule has 0 spiro atoms. The van der Waals surface area contributed by atoms with E-state index in [-0.39, 0.29) is 5.91 Å². The predicted molar refractivity (Wildman–Crippen MR) is 62.2 cm³/mol. The molecule has 0 radical (unpaired) electrons. The highest BCUT2D eigenvalue weighted by Gasteiger charge is 2.05. The van der Waals surface area contributed by atoms with Crippen LogP contribution in [0.15, 0.2) is 12.4 Å². The number of carbonyl (C=O) groups is 1. The van der Waals surface area contributed by atoms with Gasteiger partial charge in [0.15, 0.2) is 0 Å². The van der Waals surface area contributed by atoms with Crippen molar-refractivity contribution in [1.29, 1.82) is 0 Å². The zero-order valence-corrected chi connectivity index (χ0v) is 9.95. The molecule has 5 nitrogen and oxygen atoms in total. The van der Waals surface area contributed by atoms with Crippen molar-refractivity contribution in [1.82, 2.24) is 20.6 Å². The third-order valence-electron chi connectivity index (χ3n) is 1.98. The zero-order chi connectivity index (χ0) is 12.0. The van der Waals surface area contributed by atoms with E-state index in [0.29, 0.717) is 18.3 Å². The first-order valence-corrected chi connectivity index (χ1v) is 5.40. The van der Waals surface area contributed by atoms with Gasteiger partial charge in [-0.25, -0.2) is 4.98 Å². The number of hydrogen-bond donors (Lipinski definition) is 2. The van der Waals surface area contributed by atoms with Gasteiger partial charge in [0.2, 0.25) is 0 Å². The molecule has 0 aliphatic carbocycles. The molecule has 0 fully saturated rings. The van der Waals surface area contributed by atoms with E-state index in [4.69, 9.17) is 0 Å². The zero-order valence-electron chi connectivity index (χ0n) is 9.95. The molecule has 0 bridgehead atoms. The Morgan fingerprint density at radius 1 is 1.31 bits per heavy atom. The van der Waals surface area contributed by atoms with Crippen LogP contribution in [0.4, 0.5) is 0 Å². The van der Waals surface area contributed by atoms with Crippen LogP contribution < -0.4 is 10.6 Å². The fourth-order valence-electron chi connectivity index (χ4n) is 1.14. The van der Waals surface area contributed by atoms with Gasteiger partial charge in [-0.15, -0.1) is 0 Å². The summed E-state index contributed by atoms with van der Waals surface area (Å²) in [5.74, 6) is -0.182. The van der Waals surface area contributed by atoms with E-state index in [1.165, 1.54) is 6.20 Å². The van der Waals surface area contributed by atoms with Gasteiger partial charge < -0.3 is 10.6 Å². The lowest BCUT2D eigenvalue weighted by atomic mass is 10.3. The molecule has 0 aliphatic heterocycles. The second kappa shape index (κ2) is 6.17. The van der Waals surface area contributed by atoms with E-state index >= 15 is 0 Å². The number of aryl methyl sites for hydroxylation is 1. The first kappa shape index (κ1) is 12.6. The lowest BCUT2D eigenvalue weighted by molar-refractivity contribution is 0.0948. The number of carbonyl (C=O) groups excluding carboxylic acids is 1. The van der Waals surface area contributed by atoms with Gasteiger partial charge in [-0.2, -0.15) is 0 Å². The van der Waals surface area contributed by atoms with Crippen molar-refractivity contribution < 1.29 is 4.79 Å². The summed E-state index contributed by atoms with van der Waals surface area (Å²) in [7, 11) is 0. The van der Waals surface area contributed by atoms with Gasteiger partial charge in [0, 0.05) is 25.3 Å². The summed E-state index contributed by atoms with van der Waals surface area (Å²) in [6.07, 6.45) is 3.07. The molecule has 1 aromatic heterocycles. The van der Waals surface area contributed by atoms with E-state index in [2.05, 4.69) is 34.4 Å². The van der Waals surface area contributed by atoms with Crippen LogP contribution in [0, 0.1) is 6.92 Å². The summed E-state index contributed by atoms with van der Waals surface area (Å²) in [4.78, 5) is 19.6. The largest absolute Gasteiger partial charge is 0.349 e. The van der Waals surface area contributed by atoms with Crippen LogP contribution in [0.5, 0.6) is 0 Å². The molecule has 0 unspecified atom stereocenters. The van der Waals surface area contributed by atoms with Crippen LogP contribution in [0.1, 0.15) is 30.0 Å². The van der Waals surface area contributed by atoms with Gasteiger partial charge in [-0.05, 0) is 6.92 Å². The second-order valence-electron chi connectivity index (χ2n) is 3.91. The van der Waals surface area contributed by atoms with E-state index in [9.17, 15) is 4.79 Å². The third kappa shape index (κ3) is 4.35. The Kier molecular flexibility index (Phi) is 4.85. The average molecular weight is 222 g/mol. The van der Waals surface area contributed by atoms with Crippen molar-refractivity contribution in [2.45, 2.75) is 26.8 Å². The first-order chi connectivity index (χ1) is 7.59. The molecule has 1 rings (SSSR count). The van der Waals surface area contributed by atoms with Crippen LogP contribution in [-0.4, -0.2) is 35.0 Å². The SMILES string of the molecule is Cc1cnc(C(=O)NCCNC(C)C)cn1. The summed E-state index contributed by atoms with van der Waals surface area (Å²) >= 11 is 0. The Balaban J connectivity index is 2.32. The van der Waals surface area contributed by atoms with Crippen molar-refractivity contribution in [3.05, 3.63) is 23.8 Å². The lowest BCUT2D eigenvalue weighted by Gasteiger charge is -2.08. The average Bonchev–Trinajstić information content (AvgIpc) is 2.25. The second-order valence-corrected chi connectivity index (χ2v) is 3.91. The van der Waals surface area contributed by atoms with Crippen LogP contribution >= 0.6 is 0 Å². The maximum absolute atomic E-state index is 11.6. The van der Waals surface area contributed by atoms with E-state index < -0.39 is 0 Å². The molecule has 1 aromatic rings. The first-order valence-electron chi connectivity index (χ1n) is 5.40. The Morgan fingerprint density at radius 2 is 2.06 bits per heavy atom. The smallest absolute Gasteiger partial charge is 0.271 e. The standard InChI is InChI=1S/C11H18N4O/c1-8(2)12-4-5-13-11(16)10-7-14-9(3)6-15-10/h6-8,12H,4-5H2,1-3H3,(H,13,16). The van der Waals surface area contributed by atoms with Crippen LogP contribution in [-0.2, 0) is 0 Å². The minimum Gasteiger partial charge on any atom is -0.349 e. The molecule has 0 saturated carbocycles. The maximum Gasteiger partial charge on any atom is 0.271 e. The summed E-state index contributed by atoms with van der Waals surface area (Å²) in [5, 5.41) is 5.98. The quantitative estimate of drug-likeness (QED) is 0.712. The topological polar surface area (TPSA) is 66.9 Å². The van der Waals surface area contributed by atoms with Crippen molar-refractivity contribution in [3.8, 4) is 0 Å². The van der Waals surface area contributed by atoms with Crippen LogP contribution in [0.3, 0.4) is 0 Å². The van der Waals surface area contributed by atoms with Crippen molar-refractivity contribution in [2.24, 2.45) is 0 Å². The van der Waals surface area contributed by atoms with E-state index in [1.807, 2.05) is 6.92 Å². The summed E-state index contributed by atoms with van der Waals surface area (Å²) in [6, 6.07) is 0.427. The molecular weight excluding hydrogens is 204 g/mol. The van der Waals surface area contributed by atoms with Gasteiger partial charge in [0.1, 0.15) is 5.69 Å². The summed E-state index contributed by atoms with van der Waals surface area (Å²) in [6.45, 7) is 7.30. The Morgan fingerprint density at radius 3 is 2.62 bits per heavy atom. The minimum atomic E-state index is -0.182. The third-order valence-corrected chi connectivity index (χ3v) is 1.98.